The van der Waals surface area contributed by atoms with Crippen LogP contribution in [0.3, 0.4) is 0 Å². The predicted octanol–water partition coefficient (Wildman–Crippen LogP) is 1.54. The van der Waals surface area contributed by atoms with E-state index in [0.29, 0.717) is 5.92 Å². The molecule has 0 unspecified atom stereocenters. The molecule has 3 heterocycles. The van der Waals surface area contributed by atoms with Crippen molar-refractivity contribution in [2.24, 2.45) is 5.92 Å². The third kappa shape index (κ3) is 3.72. The van der Waals surface area contributed by atoms with Gasteiger partial charge >= 0.3 is 0 Å². The number of aromatic nitrogens is 2. The van der Waals surface area contributed by atoms with Crippen molar-refractivity contribution in [2.75, 3.05) is 39.3 Å². The van der Waals surface area contributed by atoms with Crippen molar-refractivity contribution in [1.29, 1.82) is 0 Å². The maximum atomic E-state index is 12.2. The van der Waals surface area contributed by atoms with Gasteiger partial charge in [-0.05, 0) is 50.8 Å². The van der Waals surface area contributed by atoms with Gasteiger partial charge in [-0.15, -0.1) is 0 Å². The van der Waals surface area contributed by atoms with Gasteiger partial charge in [0.15, 0.2) is 0 Å². The number of hydrogen-bond donors (Lipinski definition) is 0. The molecule has 0 amide bonds. The van der Waals surface area contributed by atoms with Gasteiger partial charge in [-0.1, -0.05) is 12.8 Å². The Morgan fingerprint density at radius 3 is 2.50 bits per heavy atom. The molecule has 5 heteroatoms. The summed E-state index contributed by atoms with van der Waals surface area (Å²) in [6.07, 6.45) is 8.79. The van der Waals surface area contributed by atoms with Crippen LogP contribution in [0.5, 0.6) is 0 Å². The van der Waals surface area contributed by atoms with Crippen LogP contribution in [-0.2, 0) is 19.4 Å². The lowest BCUT2D eigenvalue weighted by atomic mass is 10.0. The molecule has 0 N–H and O–H groups in total. The summed E-state index contributed by atoms with van der Waals surface area (Å²) < 4.78 is 1.72. The van der Waals surface area contributed by atoms with Crippen LogP contribution in [0.1, 0.15) is 43.4 Å². The van der Waals surface area contributed by atoms with Crippen LogP contribution in [0.25, 0.3) is 0 Å². The van der Waals surface area contributed by atoms with E-state index in [9.17, 15) is 4.79 Å². The predicted molar refractivity (Wildman–Crippen MR) is 95.4 cm³/mol. The number of likely N-dealkylation sites (tertiary alicyclic amines) is 2. The summed E-state index contributed by atoms with van der Waals surface area (Å²) in [6, 6.07) is 1.82. The number of nitrogens with zero attached hydrogens (tertiary/aromatic N) is 4. The molecule has 0 aromatic carbocycles. The molecule has 0 bridgehead atoms. The van der Waals surface area contributed by atoms with Crippen LogP contribution in [0, 0.1) is 5.92 Å². The minimum Gasteiger partial charge on any atom is -0.302 e. The molecule has 0 radical (unpaired) electrons. The van der Waals surface area contributed by atoms with Crippen molar-refractivity contribution >= 4 is 0 Å². The SMILES string of the molecule is O=c1cc2c(nn1CC1CN(CCN3CCCCCC3)C1)CCC2. The van der Waals surface area contributed by atoms with Crippen molar-refractivity contribution < 1.29 is 0 Å². The molecule has 3 aliphatic rings. The molecule has 5 nitrogen and oxygen atoms in total. The third-order valence-corrected chi connectivity index (χ3v) is 5.92. The van der Waals surface area contributed by atoms with Gasteiger partial charge in [0.1, 0.15) is 0 Å². The zero-order valence-electron chi connectivity index (χ0n) is 14.8. The number of fused-ring (bicyclic) bond motifs is 1. The Hall–Kier alpha value is -1.20. The summed E-state index contributed by atoms with van der Waals surface area (Å²) in [5.41, 5.74) is 2.44. The van der Waals surface area contributed by atoms with Gasteiger partial charge in [0.05, 0.1) is 12.2 Å². The van der Waals surface area contributed by atoms with Crippen LogP contribution < -0.4 is 5.56 Å². The van der Waals surface area contributed by atoms with E-state index in [1.54, 1.807) is 4.68 Å². The number of aryl methyl sites for hydroxylation is 2. The van der Waals surface area contributed by atoms with Gasteiger partial charge in [0, 0.05) is 38.2 Å². The normalized spacial score (nSPS) is 23.0. The van der Waals surface area contributed by atoms with Gasteiger partial charge in [-0.25, -0.2) is 4.68 Å². The molecule has 1 aromatic heterocycles. The molecule has 1 aromatic rings. The van der Waals surface area contributed by atoms with E-state index in [-0.39, 0.29) is 5.56 Å². The molecule has 1 aliphatic carbocycles. The Labute approximate surface area is 144 Å². The van der Waals surface area contributed by atoms with Crippen molar-refractivity contribution in [3.8, 4) is 0 Å². The average Bonchev–Trinajstić information content (AvgIpc) is 2.82. The molecule has 2 fully saturated rings. The van der Waals surface area contributed by atoms with E-state index in [2.05, 4.69) is 14.9 Å². The Morgan fingerprint density at radius 2 is 1.71 bits per heavy atom. The Morgan fingerprint density at radius 1 is 0.958 bits per heavy atom. The first-order valence-electron chi connectivity index (χ1n) is 9.82. The van der Waals surface area contributed by atoms with Crippen LogP contribution in [0.4, 0.5) is 0 Å². The van der Waals surface area contributed by atoms with E-state index in [1.807, 2.05) is 6.07 Å². The first kappa shape index (κ1) is 16.3. The monoisotopic (exact) mass is 330 g/mol. The summed E-state index contributed by atoms with van der Waals surface area (Å²) >= 11 is 0. The number of rotatable bonds is 5. The second kappa shape index (κ2) is 7.36. The lowest BCUT2D eigenvalue weighted by Gasteiger charge is -2.40. The van der Waals surface area contributed by atoms with Crippen molar-refractivity contribution in [2.45, 2.75) is 51.5 Å². The molecule has 0 saturated carbocycles. The minimum absolute atomic E-state index is 0.0960. The Bertz CT molecular complexity index is 612. The van der Waals surface area contributed by atoms with E-state index in [1.165, 1.54) is 57.4 Å². The average molecular weight is 330 g/mol. The van der Waals surface area contributed by atoms with Crippen molar-refractivity contribution in [3.63, 3.8) is 0 Å². The van der Waals surface area contributed by atoms with E-state index < -0.39 is 0 Å². The summed E-state index contributed by atoms with van der Waals surface area (Å²) in [5, 5.41) is 4.61. The Balaban J connectivity index is 1.23. The fraction of sp³-hybridized carbons (Fsp3) is 0.789. The maximum absolute atomic E-state index is 12.2. The van der Waals surface area contributed by atoms with Crippen molar-refractivity contribution in [1.82, 2.24) is 19.6 Å². The van der Waals surface area contributed by atoms with Crippen LogP contribution in [-0.4, -0.2) is 58.8 Å². The molecular weight excluding hydrogens is 300 g/mol. The fourth-order valence-electron chi connectivity index (χ4n) is 4.43. The molecule has 2 saturated heterocycles. The fourth-order valence-corrected chi connectivity index (χ4v) is 4.43. The largest absolute Gasteiger partial charge is 0.302 e. The quantitative estimate of drug-likeness (QED) is 0.821. The highest BCUT2D eigenvalue weighted by atomic mass is 16.1. The molecule has 0 atom stereocenters. The standard InChI is InChI=1S/C19H30N4O/c24-19-12-17-6-5-7-18(17)20-23(19)15-16-13-22(14-16)11-10-21-8-3-1-2-4-9-21/h12,16H,1-11,13-15H2. The zero-order chi connectivity index (χ0) is 16.4. The summed E-state index contributed by atoms with van der Waals surface area (Å²) in [4.78, 5) is 17.3. The third-order valence-electron chi connectivity index (χ3n) is 5.92. The van der Waals surface area contributed by atoms with Crippen LogP contribution in [0.15, 0.2) is 10.9 Å². The first-order valence-corrected chi connectivity index (χ1v) is 9.82. The highest BCUT2D eigenvalue weighted by Crippen LogP contribution is 2.20. The van der Waals surface area contributed by atoms with Gasteiger partial charge < -0.3 is 9.80 Å². The molecule has 0 spiro atoms. The maximum Gasteiger partial charge on any atom is 0.267 e. The van der Waals surface area contributed by atoms with Gasteiger partial charge in [-0.3, -0.25) is 4.79 Å². The molecule has 24 heavy (non-hydrogen) atoms. The minimum atomic E-state index is 0.0960. The molecule has 2 aliphatic heterocycles. The van der Waals surface area contributed by atoms with E-state index in [0.717, 1.165) is 44.6 Å². The van der Waals surface area contributed by atoms with Gasteiger partial charge in [-0.2, -0.15) is 5.10 Å². The van der Waals surface area contributed by atoms with Crippen molar-refractivity contribution in [3.05, 3.63) is 27.7 Å². The second-order valence-corrected chi connectivity index (χ2v) is 7.87. The highest BCUT2D eigenvalue weighted by molar-refractivity contribution is 5.22. The van der Waals surface area contributed by atoms with E-state index >= 15 is 0 Å². The van der Waals surface area contributed by atoms with Crippen LogP contribution in [0.2, 0.25) is 0 Å². The van der Waals surface area contributed by atoms with Crippen LogP contribution >= 0.6 is 0 Å². The second-order valence-electron chi connectivity index (χ2n) is 7.87. The van der Waals surface area contributed by atoms with E-state index in [4.69, 9.17) is 0 Å². The summed E-state index contributed by atoms with van der Waals surface area (Å²) in [6.45, 7) is 8.01. The van der Waals surface area contributed by atoms with Gasteiger partial charge in [0.25, 0.3) is 5.56 Å². The summed E-state index contributed by atoms with van der Waals surface area (Å²) in [7, 11) is 0. The summed E-state index contributed by atoms with van der Waals surface area (Å²) in [5.74, 6) is 0.596. The molecular formula is C19H30N4O. The zero-order valence-corrected chi connectivity index (χ0v) is 14.8. The topological polar surface area (TPSA) is 41.4 Å². The lowest BCUT2D eigenvalue weighted by molar-refractivity contribution is 0.0718. The highest BCUT2D eigenvalue weighted by Gasteiger charge is 2.28. The Kier molecular flexibility index (Phi) is 4.99. The first-order chi connectivity index (χ1) is 11.8. The smallest absolute Gasteiger partial charge is 0.267 e. The molecule has 4 rings (SSSR count). The number of hydrogen-bond acceptors (Lipinski definition) is 4. The van der Waals surface area contributed by atoms with Gasteiger partial charge in [0.2, 0.25) is 0 Å². The molecule has 132 valence electrons. The lowest BCUT2D eigenvalue weighted by Crippen LogP contribution is -2.51.